The van der Waals surface area contributed by atoms with E-state index in [0.717, 1.165) is 39.2 Å². The third-order valence-corrected chi connectivity index (χ3v) is 4.44. The second kappa shape index (κ2) is 6.52. The molecule has 4 aromatic rings. The molecule has 0 aliphatic heterocycles. The summed E-state index contributed by atoms with van der Waals surface area (Å²) in [4.78, 5) is 15.9. The number of rotatable bonds is 4. The number of amides is 1. The van der Waals surface area contributed by atoms with Crippen LogP contribution >= 0.6 is 0 Å². The van der Waals surface area contributed by atoms with Crippen LogP contribution in [0.15, 0.2) is 60.8 Å². The summed E-state index contributed by atoms with van der Waals surface area (Å²) in [5, 5.41) is 8.64. The lowest BCUT2D eigenvalue weighted by molar-refractivity contribution is -0.115. The molecule has 2 aromatic heterocycles. The van der Waals surface area contributed by atoms with E-state index in [1.54, 1.807) is 0 Å². The van der Waals surface area contributed by atoms with Crippen LogP contribution in [-0.4, -0.2) is 20.7 Å². The quantitative estimate of drug-likeness (QED) is 0.584. The number of fused-ring (bicyclic) bond motifs is 1. The molecule has 2 N–H and O–H groups in total. The van der Waals surface area contributed by atoms with Crippen LogP contribution in [0.2, 0.25) is 0 Å². The molecule has 5 nitrogen and oxygen atoms in total. The van der Waals surface area contributed by atoms with E-state index >= 15 is 0 Å². The number of nitrogens with zero attached hydrogens (tertiary/aromatic N) is 2. The zero-order valence-electron chi connectivity index (χ0n) is 14.8. The van der Waals surface area contributed by atoms with Crippen molar-refractivity contribution in [2.24, 2.45) is 0 Å². The van der Waals surface area contributed by atoms with Gasteiger partial charge >= 0.3 is 0 Å². The Labute approximate surface area is 151 Å². The van der Waals surface area contributed by atoms with Crippen molar-refractivity contribution in [3.05, 3.63) is 77.7 Å². The first-order chi connectivity index (χ1) is 12.6. The highest BCUT2D eigenvalue weighted by Crippen LogP contribution is 2.23. The van der Waals surface area contributed by atoms with Crippen LogP contribution < -0.4 is 5.32 Å². The van der Waals surface area contributed by atoms with Gasteiger partial charge in [0.1, 0.15) is 0 Å². The van der Waals surface area contributed by atoms with Gasteiger partial charge in [0.05, 0.1) is 23.5 Å². The summed E-state index contributed by atoms with van der Waals surface area (Å²) in [5.74, 6) is -0.0521. The minimum absolute atomic E-state index is 0.0521. The largest absolute Gasteiger partial charge is 0.361 e. The van der Waals surface area contributed by atoms with E-state index in [-0.39, 0.29) is 5.91 Å². The van der Waals surface area contributed by atoms with Gasteiger partial charge in [0.15, 0.2) is 0 Å². The summed E-state index contributed by atoms with van der Waals surface area (Å²) in [6, 6.07) is 17.7. The third kappa shape index (κ3) is 2.99. The lowest BCUT2D eigenvalue weighted by Gasteiger charge is -2.12. The van der Waals surface area contributed by atoms with Crippen molar-refractivity contribution in [3.8, 4) is 5.69 Å². The third-order valence-electron chi connectivity index (χ3n) is 4.44. The van der Waals surface area contributed by atoms with Gasteiger partial charge in [0.25, 0.3) is 0 Å². The van der Waals surface area contributed by atoms with E-state index in [0.29, 0.717) is 6.42 Å². The van der Waals surface area contributed by atoms with E-state index in [1.165, 1.54) is 0 Å². The summed E-state index contributed by atoms with van der Waals surface area (Å²) < 4.78 is 1.86. The maximum atomic E-state index is 12.6. The number of carbonyl (C=O) groups excluding carboxylic acids is 1. The number of hydrogen-bond donors (Lipinski definition) is 2. The second-order valence-electron chi connectivity index (χ2n) is 6.44. The Kier molecular flexibility index (Phi) is 4.05. The molecular weight excluding hydrogens is 324 g/mol. The van der Waals surface area contributed by atoms with Crippen LogP contribution in [0, 0.1) is 13.8 Å². The molecule has 130 valence electrons. The Morgan fingerprint density at radius 3 is 2.69 bits per heavy atom. The van der Waals surface area contributed by atoms with Gasteiger partial charge in [-0.05, 0) is 43.7 Å². The maximum Gasteiger partial charge on any atom is 0.228 e. The highest BCUT2D eigenvalue weighted by molar-refractivity contribution is 5.97. The molecular formula is C21H20N4O. The number of anilines is 1. The lowest BCUT2D eigenvalue weighted by Crippen LogP contribution is -2.16. The SMILES string of the molecule is Cc1cc(C)n(-c2ccccc2NC(=O)Cc2c[nH]c3ccccc23)n1. The molecule has 0 saturated heterocycles. The Balaban J connectivity index is 1.60. The molecule has 2 heterocycles. The van der Waals surface area contributed by atoms with Gasteiger partial charge in [-0.1, -0.05) is 30.3 Å². The van der Waals surface area contributed by atoms with Crippen molar-refractivity contribution in [1.82, 2.24) is 14.8 Å². The van der Waals surface area contributed by atoms with Crippen molar-refractivity contribution in [1.29, 1.82) is 0 Å². The number of para-hydroxylation sites is 3. The average molecular weight is 344 g/mol. The number of aromatic nitrogens is 3. The van der Waals surface area contributed by atoms with E-state index in [4.69, 9.17) is 0 Å². The van der Waals surface area contributed by atoms with Gasteiger partial charge in [0.2, 0.25) is 5.91 Å². The molecule has 5 heteroatoms. The zero-order valence-corrected chi connectivity index (χ0v) is 14.8. The topological polar surface area (TPSA) is 62.7 Å². The Morgan fingerprint density at radius 1 is 1.12 bits per heavy atom. The van der Waals surface area contributed by atoms with E-state index in [2.05, 4.69) is 15.4 Å². The van der Waals surface area contributed by atoms with Gasteiger partial charge in [-0.2, -0.15) is 5.10 Å². The summed E-state index contributed by atoms with van der Waals surface area (Å²) >= 11 is 0. The van der Waals surface area contributed by atoms with Crippen LogP contribution in [0.3, 0.4) is 0 Å². The fraction of sp³-hybridized carbons (Fsp3) is 0.143. The van der Waals surface area contributed by atoms with Crippen molar-refractivity contribution >= 4 is 22.5 Å². The van der Waals surface area contributed by atoms with Gasteiger partial charge in [-0.15, -0.1) is 0 Å². The van der Waals surface area contributed by atoms with Crippen LogP contribution in [0.25, 0.3) is 16.6 Å². The molecule has 0 radical (unpaired) electrons. The number of nitrogens with one attached hydrogen (secondary N) is 2. The monoisotopic (exact) mass is 344 g/mol. The molecule has 2 aromatic carbocycles. The first-order valence-electron chi connectivity index (χ1n) is 8.59. The van der Waals surface area contributed by atoms with Crippen molar-refractivity contribution in [2.75, 3.05) is 5.32 Å². The lowest BCUT2D eigenvalue weighted by atomic mass is 10.1. The van der Waals surface area contributed by atoms with E-state index in [1.807, 2.05) is 79.3 Å². The van der Waals surface area contributed by atoms with Gasteiger partial charge in [-0.3, -0.25) is 4.79 Å². The van der Waals surface area contributed by atoms with Crippen molar-refractivity contribution in [3.63, 3.8) is 0 Å². The molecule has 0 bridgehead atoms. The molecule has 0 fully saturated rings. The summed E-state index contributed by atoms with van der Waals surface area (Å²) in [5.41, 5.74) is 5.62. The number of hydrogen-bond acceptors (Lipinski definition) is 2. The zero-order chi connectivity index (χ0) is 18.1. The fourth-order valence-corrected chi connectivity index (χ4v) is 3.28. The summed E-state index contributed by atoms with van der Waals surface area (Å²) in [7, 11) is 0. The average Bonchev–Trinajstić information content (AvgIpc) is 3.18. The Morgan fingerprint density at radius 2 is 1.88 bits per heavy atom. The Hall–Kier alpha value is -3.34. The number of benzene rings is 2. The molecule has 1 amide bonds. The molecule has 0 aliphatic rings. The van der Waals surface area contributed by atoms with Gasteiger partial charge in [0, 0.05) is 22.8 Å². The summed E-state index contributed by atoms with van der Waals surface area (Å²) in [6.45, 7) is 3.96. The fourth-order valence-electron chi connectivity index (χ4n) is 3.28. The second-order valence-corrected chi connectivity index (χ2v) is 6.44. The minimum atomic E-state index is -0.0521. The van der Waals surface area contributed by atoms with E-state index < -0.39 is 0 Å². The molecule has 0 unspecified atom stereocenters. The first-order valence-corrected chi connectivity index (χ1v) is 8.59. The molecule has 0 aliphatic carbocycles. The molecule has 0 spiro atoms. The maximum absolute atomic E-state index is 12.6. The normalized spacial score (nSPS) is 11.0. The van der Waals surface area contributed by atoms with Gasteiger partial charge < -0.3 is 10.3 Å². The number of carbonyl (C=O) groups is 1. The predicted molar refractivity (Wildman–Crippen MR) is 104 cm³/mol. The Bertz CT molecular complexity index is 1090. The minimum Gasteiger partial charge on any atom is -0.361 e. The molecule has 26 heavy (non-hydrogen) atoms. The predicted octanol–water partition coefficient (Wildman–Crippen LogP) is 4.15. The molecule has 0 saturated carbocycles. The highest BCUT2D eigenvalue weighted by atomic mass is 16.1. The standard InChI is InChI=1S/C21H20N4O/c1-14-11-15(2)25(24-14)20-10-6-5-9-19(20)23-21(26)12-16-13-22-18-8-4-3-7-17(16)18/h3-11,13,22H,12H2,1-2H3,(H,23,26). The molecule has 4 rings (SSSR count). The summed E-state index contributed by atoms with van der Waals surface area (Å²) in [6.07, 6.45) is 2.21. The number of aromatic amines is 1. The van der Waals surface area contributed by atoms with E-state index in [9.17, 15) is 4.79 Å². The number of H-pyrrole nitrogens is 1. The smallest absolute Gasteiger partial charge is 0.228 e. The molecule has 0 atom stereocenters. The van der Waals surface area contributed by atoms with Crippen molar-refractivity contribution in [2.45, 2.75) is 20.3 Å². The van der Waals surface area contributed by atoms with Crippen LogP contribution in [0.1, 0.15) is 17.0 Å². The van der Waals surface area contributed by atoms with Crippen LogP contribution in [0.4, 0.5) is 5.69 Å². The number of aryl methyl sites for hydroxylation is 2. The van der Waals surface area contributed by atoms with Crippen molar-refractivity contribution < 1.29 is 4.79 Å². The van der Waals surface area contributed by atoms with Crippen LogP contribution in [-0.2, 0) is 11.2 Å². The first kappa shape index (κ1) is 16.1. The highest BCUT2D eigenvalue weighted by Gasteiger charge is 2.13. The van der Waals surface area contributed by atoms with Gasteiger partial charge in [-0.25, -0.2) is 4.68 Å². The van der Waals surface area contributed by atoms with Crippen LogP contribution in [0.5, 0.6) is 0 Å².